The fraction of sp³-hybridized carbons (Fsp3) is 0.556. The summed E-state index contributed by atoms with van der Waals surface area (Å²) in [5.41, 5.74) is 6.36. The molecule has 0 saturated carbocycles. The van der Waals surface area contributed by atoms with Crippen molar-refractivity contribution in [2.24, 2.45) is 5.73 Å². The third kappa shape index (κ3) is 3.18. The smallest absolute Gasteiger partial charge is 0.241 e. The number of nitrogens with one attached hydrogen (secondary N) is 1. The minimum Gasteiger partial charge on any atom is -0.355 e. The van der Waals surface area contributed by atoms with Gasteiger partial charge >= 0.3 is 0 Å². The summed E-state index contributed by atoms with van der Waals surface area (Å²) < 4.78 is 1.59. The molecule has 1 rings (SSSR count). The van der Waals surface area contributed by atoms with Crippen molar-refractivity contribution in [1.29, 1.82) is 0 Å². The molecule has 0 aromatic carbocycles. The van der Waals surface area contributed by atoms with E-state index in [1.807, 2.05) is 6.92 Å². The molecule has 0 aliphatic rings. The maximum absolute atomic E-state index is 11.3. The topological polar surface area (TPSA) is 72.9 Å². The zero-order valence-electron chi connectivity index (χ0n) is 8.36. The monoisotopic (exact) mass is 196 g/mol. The van der Waals surface area contributed by atoms with Crippen LogP contribution in [0.4, 0.5) is 0 Å². The Morgan fingerprint density at radius 3 is 3.07 bits per heavy atom. The van der Waals surface area contributed by atoms with E-state index in [4.69, 9.17) is 5.73 Å². The lowest BCUT2D eigenvalue weighted by molar-refractivity contribution is -0.121. The van der Waals surface area contributed by atoms with Crippen molar-refractivity contribution < 1.29 is 4.79 Å². The summed E-state index contributed by atoms with van der Waals surface area (Å²) in [6, 6.07) is 0. The molecule has 1 amide bonds. The standard InChI is InChI=1S/C9H16N4O/c1-2-3-11-9(14)7-13-6-8(4-10)5-12-13/h5-6H,2-4,7,10H2,1H3,(H,11,14). The molecule has 0 aliphatic carbocycles. The van der Waals surface area contributed by atoms with Crippen LogP contribution in [0.25, 0.3) is 0 Å². The van der Waals surface area contributed by atoms with E-state index in [2.05, 4.69) is 10.4 Å². The van der Waals surface area contributed by atoms with E-state index in [-0.39, 0.29) is 12.5 Å². The fourth-order valence-corrected chi connectivity index (χ4v) is 1.07. The molecule has 0 spiro atoms. The number of nitrogens with two attached hydrogens (primary N) is 1. The van der Waals surface area contributed by atoms with Gasteiger partial charge in [-0.3, -0.25) is 9.48 Å². The molecule has 0 saturated heterocycles. The van der Waals surface area contributed by atoms with Crippen LogP contribution in [0.15, 0.2) is 12.4 Å². The Balaban J connectivity index is 2.39. The first-order valence-corrected chi connectivity index (χ1v) is 4.74. The van der Waals surface area contributed by atoms with Crippen LogP contribution in [0.5, 0.6) is 0 Å². The number of aromatic nitrogens is 2. The highest BCUT2D eigenvalue weighted by Crippen LogP contribution is 1.95. The molecule has 1 aromatic rings. The average Bonchev–Trinajstić information content (AvgIpc) is 2.62. The van der Waals surface area contributed by atoms with Crippen molar-refractivity contribution in [3.8, 4) is 0 Å². The molecule has 0 unspecified atom stereocenters. The highest BCUT2D eigenvalue weighted by molar-refractivity contribution is 5.75. The van der Waals surface area contributed by atoms with Crippen LogP contribution in [-0.2, 0) is 17.9 Å². The van der Waals surface area contributed by atoms with Crippen LogP contribution >= 0.6 is 0 Å². The van der Waals surface area contributed by atoms with Gasteiger partial charge in [0, 0.05) is 24.8 Å². The Kier molecular flexibility index (Phi) is 4.12. The Morgan fingerprint density at radius 1 is 1.71 bits per heavy atom. The summed E-state index contributed by atoms with van der Waals surface area (Å²) in [4.78, 5) is 11.3. The van der Waals surface area contributed by atoms with Crippen molar-refractivity contribution >= 4 is 5.91 Å². The number of hydrogen-bond acceptors (Lipinski definition) is 3. The van der Waals surface area contributed by atoms with Crippen LogP contribution in [0, 0.1) is 0 Å². The molecule has 0 fully saturated rings. The molecule has 78 valence electrons. The molecule has 5 nitrogen and oxygen atoms in total. The molecule has 14 heavy (non-hydrogen) atoms. The summed E-state index contributed by atoms with van der Waals surface area (Å²) in [6.45, 7) is 3.45. The first kappa shape index (κ1) is 10.7. The lowest BCUT2D eigenvalue weighted by Gasteiger charge is -2.02. The summed E-state index contributed by atoms with van der Waals surface area (Å²) >= 11 is 0. The van der Waals surface area contributed by atoms with Crippen molar-refractivity contribution in [2.75, 3.05) is 6.54 Å². The molecule has 0 radical (unpaired) electrons. The number of carbonyl (C=O) groups excluding carboxylic acids is 1. The van der Waals surface area contributed by atoms with E-state index >= 15 is 0 Å². The third-order valence-electron chi connectivity index (χ3n) is 1.80. The van der Waals surface area contributed by atoms with Crippen molar-refractivity contribution in [3.05, 3.63) is 18.0 Å². The minimum atomic E-state index is -0.0153. The van der Waals surface area contributed by atoms with Gasteiger partial charge in [-0.05, 0) is 6.42 Å². The molecule has 0 aliphatic heterocycles. The highest BCUT2D eigenvalue weighted by atomic mass is 16.2. The molecular formula is C9H16N4O. The van der Waals surface area contributed by atoms with Gasteiger partial charge in [0.25, 0.3) is 0 Å². The van der Waals surface area contributed by atoms with Crippen LogP contribution in [-0.4, -0.2) is 22.2 Å². The number of nitrogens with zero attached hydrogens (tertiary/aromatic N) is 2. The maximum Gasteiger partial charge on any atom is 0.241 e. The Bertz CT molecular complexity index is 295. The van der Waals surface area contributed by atoms with E-state index in [1.54, 1.807) is 17.1 Å². The summed E-state index contributed by atoms with van der Waals surface area (Å²) in [5, 5.41) is 6.79. The van der Waals surface area contributed by atoms with Gasteiger partial charge in [0.2, 0.25) is 5.91 Å². The van der Waals surface area contributed by atoms with Crippen LogP contribution in [0.3, 0.4) is 0 Å². The molecule has 3 N–H and O–H groups in total. The Hall–Kier alpha value is -1.36. The van der Waals surface area contributed by atoms with Gasteiger partial charge in [0.15, 0.2) is 0 Å². The second-order valence-electron chi connectivity index (χ2n) is 3.10. The molecule has 1 heterocycles. The van der Waals surface area contributed by atoms with Gasteiger partial charge in [-0.15, -0.1) is 0 Å². The Morgan fingerprint density at radius 2 is 2.50 bits per heavy atom. The summed E-state index contributed by atoms with van der Waals surface area (Å²) in [5.74, 6) is -0.0153. The quantitative estimate of drug-likeness (QED) is 0.689. The zero-order valence-corrected chi connectivity index (χ0v) is 8.36. The normalized spacial score (nSPS) is 10.1. The van der Waals surface area contributed by atoms with Crippen molar-refractivity contribution in [1.82, 2.24) is 15.1 Å². The number of carbonyl (C=O) groups is 1. The molecule has 0 bridgehead atoms. The maximum atomic E-state index is 11.3. The van der Waals surface area contributed by atoms with Gasteiger partial charge in [-0.25, -0.2) is 0 Å². The SMILES string of the molecule is CCCNC(=O)Cn1cc(CN)cn1. The molecular weight excluding hydrogens is 180 g/mol. The van der Waals surface area contributed by atoms with Gasteiger partial charge < -0.3 is 11.1 Å². The first-order valence-electron chi connectivity index (χ1n) is 4.74. The van der Waals surface area contributed by atoms with Crippen molar-refractivity contribution in [3.63, 3.8) is 0 Å². The van der Waals surface area contributed by atoms with E-state index < -0.39 is 0 Å². The predicted molar refractivity (Wildman–Crippen MR) is 53.4 cm³/mol. The predicted octanol–water partition coefficient (Wildman–Crippen LogP) is -0.132. The van der Waals surface area contributed by atoms with Crippen molar-refractivity contribution in [2.45, 2.75) is 26.4 Å². The second-order valence-corrected chi connectivity index (χ2v) is 3.10. The summed E-state index contributed by atoms with van der Waals surface area (Å²) in [6.07, 6.45) is 4.40. The third-order valence-corrected chi connectivity index (χ3v) is 1.80. The lowest BCUT2D eigenvalue weighted by Crippen LogP contribution is -2.28. The molecule has 1 aromatic heterocycles. The number of rotatable bonds is 5. The fourth-order valence-electron chi connectivity index (χ4n) is 1.07. The zero-order chi connectivity index (χ0) is 10.4. The van der Waals surface area contributed by atoms with E-state index in [9.17, 15) is 4.79 Å². The minimum absolute atomic E-state index is 0.0153. The highest BCUT2D eigenvalue weighted by Gasteiger charge is 2.02. The number of hydrogen-bond donors (Lipinski definition) is 2. The first-order chi connectivity index (χ1) is 6.76. The molecule has 0 atom stereocenters. The summed E-state index contributed by atoms with van der Waals surface area (Å²) in [7, 11) is 0. The number of amides is 1. The second kappa shape index (κ2) is 5.39. The Labute approximate surface area is 83.3 Å². The molecule has 5 heteroatoms. The van der Waals surface area contributed by atoms with E-state index in [0.717, 1.165) is 12.0 Å². The van der Waals surface area contributed by atoms with Gasteiger partial charge in [0.05, 0.1) is 6.20 Å². The van der Waals surface area contributed by atoms with E-state index in [0.29, 0.717) is 13.1 Å². The van der Waals surface area contributed by atoms with Gasteiger partial charge in [-0.1, -0.05) is 6.92 Å². The van der Waals surface area contributed by atoms with Gasteiger partial charge in [0.1, 0.15) is 6.54 Å². The van der Waals surface area contributed by atoms with E-state index in [1.165, 1.54) is 0 Å². The largest absolute Gasteiger partial charge is 0.355 e. The van der Waals surface area contributed by atoms with Crippen LogP contribution in [0.1, 0.15) is 18.9 Å². The average molecular weight is 196 g/mol. The van der Waals surface area contributed by atoms with Gasteiger partial charge in [-0.2, -0.15) is 5.10 Å². The lowest BCUT2D eigenvalue weighted by atomic mass is 10.4. The van der Waals surface area contributed by atoms with Crippen LogP contribution < -0.4 is 11.1 Å². The van der Waals surface area contributed by atoms with Crippen LogP contribution in [0.2, 0.25) is 0 Å².